The van der Waals surface area contributed by atoms with Crippen molar-refractivity contribution >= 4 is 76.2 Å². The predicted octanol–water partition coefficient (Wildman–Crippen LogP) is -1.24. The van der Waals surface area contributed by atoms with Crippen molar-refractivity contribution in [3.63, 3.8) is 0 Å². The summed E-state index contributed by atoms with van der Waals surface area (Å²) < 4.78 is 38.6. The number of fused-ring (bicyclic) bond motifs is 15. The number of aliphatic hydroxyl groups is 6. The highest BCUT2D eigenvalue weighted by atomic mass is 35.5. The fourth-order valence-electron chi connectivity index (χ4n) is 13.3. The number of hydrogen-bond acceptors (Lipinski definition) is 24. The van der Waals surface area contributed by atoms with Crippen LogP contribution in [0, 0.1) is 5.92 Å². The second-order valence-corrected chi connectivity index (χ2v) is 28.5. The molecular weight excluding hydrogens is 1450 g/mol. The monoisotopic (exact) mass is 1530 g/mol. The van der Waals surface area contributed by atoms with Crippen LogP contribution in [0.4, 0.5) is 0 Å². The molecule has 5 aromatic carbocycles. The van der Waals surface area contributed by atoms with Crippen molar-refractivity contribution in [3.05, 3.63) is 117 Å². The number of ether oxygens (including phenoxy) is 6. The number of aromatic hydroxyl groups is 3. The molecule has 0 aromatic heterocycles. The molecule has 0 spiro atoms. The highest BCUT2D eigenvalue weighted by Gasteiger charge is 2.52. The minimum atomic E-state index is -2.34. The minimum absolute atomic E-state index is 0.0164. The number of amides is 8. The molecule has 2 saturated heterocycles. The van der Waals surface area contributed by atoms with Gasteiger partial charge in [0.25, 0.3) is 5.91 Å². The zero-order valence-electron chi connectivity index (χ0n) is 58.6. The largest absolute Gasteiger partial charge is 0.508 e. The Labute approximate surface area is 621 Å². The van der Waals surface area contributed by atoms with E-state index in [2.05, 4.69) is 43.0 Å². The van der Waals surface area contributed by atoms with Crippen molar-refractivity contribution in [2.24, 2.45) is 11.7 Å². The van der Waals surface area contributed by atoms with Crippen LogP contribution in [-0.4, -0.2) is 198 Å². The van der Waals surface area contributed by atoms with E-state index < -0.39 is 231 Å². The zero-order valence-corrected chi connectivity index (χ0v) is 60.1. The van der Waals surface area contributed by atoms with Gasteiger partial charge in [0, 0.05) is 36.6 Å². The highest BCUT2D eigenvalue weighted by molar-refractivity contribution is 6.32. The first-order chi connectivity index (χ1) is 50.6. The number of nitrogens with one attached hydrogen (secondary N) is 7. The molecule has 36 heteroatoms. The molecule has 2 fully saturated rings. The number of quaternary nitrogens is 2. The van der Waals surface area contributed by atoms with Crippen LogP contribution in [0.25, 0.3) is 11.1 Å². The van der Waals surface area contributed by atoms with Gasteiger partial charge in [-0.3, -0.25) is 38.4 Å². The molecule has 18 atom stereocenters. The molecule has 8 amide bonds. The Kier molecular flexibility index (Phi) is 24.9. The number of aliphatic hydroxyl groups excluding tert-OH is 6. The molecule has 7 aliphatic rings. The number of rotatable bonds is 17. The maximum absolute atomic E-state index is 16.2. The number of phenolic OH excluding ortho intramolecular Hbond substituents is 3. The average Bonchev–Trinajstić information content (AvgIpc) is 0.771. The van der Waals surface area contributed by atoms with E-state index in [4.69, 9.17) is 57.4 Å². The first-order valence-electron chi connectivity index (χ1n) is 34.2. The van der Waals surface area contributed by atoms with E-state index in [0.29, 0.717) is 0 Å². The number of benzene rings is 5. The van der Waals surface area contributed by atoms with Gasteiger partial charge < -0.3 is 133 Å². The molecule has 576 valence electrons. The summed E-state index contributed by atoms with van der Waals surface area (Å²) in [5, 5.41) is 123. The number of nitrogens with two attached hydrogens (primary N) is 2. The second kappa shape index (κ2) is 33.3. The molecule has 0 saturated carbocycles. The van der Waals surface area contributed by atoms with Gasteiger partial charge >= 0.3 is 0 Å². The number of ketones is 1. The summed E-state index contributed by atoms with van der Waals surface area (Å²) in [6, 6.07) is 0.346. The van der Waals surface area contributed by atoms with Gasteiger partial charge in [0.1, 0.15) is 113 Å². The molecule has 0 aliphatic carbocycles. The smallest absolute Gasteiger partial charge is 0.278 e. The number of likely N-dealkylation sites (N-methyl/N-ethyl adjacent to an activating group) is 1. The van der Waals surface area contributed by atoms with Gasteiger partial charge in [0.15, 0.2) is 29.9 Å². The average molecular weight is 1530 g/mol. The molecule has 34 nitrogen and oxygen atoms in total. The number of carbonyl (C=O) groups excluding carboxylic acids is 9. The van der Waals surface area contributed by atoms with Crippen molar-refractivity contribution in [3.8, 4) is 57.1 Å². The van der Waals surface area contributed by atoms with Crippen LogP contribution in [-0.2, 0) is 57.4 Å². The molecule has 11 bridgehead atoms. The van der Waals surface area contributed by atoms with Gasteiger partial charge in [-0.2, -0.15) is 0 Å². The fraction of sp³-hybridized carbons (Fsp3) is 0.451. The first-order valence-corrected chi connectivity index (χ1v) is 35.0. The van der Waals surface area contributed by atoms with Crippen LogP contribution < -0.4 is 68.2 Å². The Bertz CT molecular complexity index is 4270. The summed E-state index contributed by atoms with van der Waals surface area (Å²) in [4.78, 5) is 131. The summed E-state index contributed by atoms with van der Waals surface area (Å²) in [7, 11) is 1.60. The lowest BCUT2D eigenvalue weighted by Gasteiger charge is -2.45. The van der Waals surface area contributed by atoms with E-state index >= 15 is 19.2 Å². The van der Waals surface area contributed by atoms with E-state index in [1.807, 2.05) is 13.8 Å². The highest BCUT2D eigenvalue weighted by Crippen LogP contribution is 2.50. The first kappa shape index (κ1) is 80.0. The van der Waals surface area contributed by atoms with Gasteiger partial charge in [0.05, 0.1) is 42.6 Å². The predicted molar refractivity (Wildman–Crippen MR) is 372 cm³/mol. The number of Topliss-reactive ketones (excluding diaryl/α,β-unsaturated/α-hetero) is 1. The van der Waals surface area contributed by atoms with Crippen LogP contribution in [0.15, 0.2) is 78.9 Å². The van der Waals surface area contributed by atoms with Crippen LogP contribution >= 0.6 is 23.2 Å². The maximum atomic E-state index is 16.2. The molecule has 7 heterocycles. The molecule has 5 aromatic rings. The lowest BCUT2D eigenvalue weighted by molar-refractivity contribution is -0.651. The van der Waals surface area contributed by atoms with Crippen LogP contribution in [0.5, 0.6) is 46.0 Å². The number of halogens is 2. The molecule has 7 aliphatic heterocycles. The van der Waals surface area contributed by atoms with Crippen LogP contribution in [0.3, 0.4) is 0 Å². The lowest BCUT2D eigenvalue weighted by atomic mass is 9.86. The second-order valence-electron chi connectivity index (χ2n) is 27.7. The SMILES string of the molecule is C[NH2+][C@H](CC(C)C)C(=O)N[C@H]1C(=O)N[C@@H](CC(N)=O)C(=O)N[C@H]2C(=O)N[C@H]3C(=O)N[C@H](C(=O)N[C@H](C(=O)NCCCC(C)=O)c4cc(O)cc(O)c4-c4cc3ccc4O)[C@H](O)c3ccc(c(Cl)c3)Oc3cc2cc(c3OC2OC(CO)C(O)C(O)C2OC2C[C@](C)([NH3+])C(O)C(C)O2)Oc2ccc(cc2Cl)[C@H]1O. The van der Waals surface area contributed by atoms with Gasteiger partial charge in [-0.05, 0) is 116 Å². The Balaban J connectivity index is 1.23. The van der Waals surface area contributed by atoms with Gasteiger partial charge in [-0.1, -0.05) is 55.2 Å². The van der Waals surface area contributed by atoms with E-state index in [9.17, 15) is 69.9 Å². The van der Waals surface area contributed by atoms with Crippen molar-refractivity contribution in [1.82, 2.24) is 37.2 Å². The Morgan fingerprint density at radius 3 is 1.95 bits per heavy atom. The third-order valence-corrected chi connectivity index (χ3v) is 19.5. The van der Waals surface area contributed by atoms with E-state index in [1.54, 1.807) is 19.3 Å². The molecule has 23 N–H and O–H groups in total. The molecule has 8 unspecified atom stereocenters. The Morgan fingerprint density at radius 1 is 0.738 bits per heavy atom. The fourth-order valence-corrected chi connectivity index (χ4v) is 13.7. The van der Waals surface area contributed by atoms with E-state index in [0.717, 1.165) is 60.7 Å². The van der Waals surface area contributed by atoms with Crippen LogP contribution in [0.2, 0.25) is 10.0 Å². The van der Waals surface area contributed by atoms with Crippen molar-refractivity contribution in [2.75, 3.05) is 20.2 Å². The van der Waals surface area contributed by atoms with Crippen LogP contribution in [0.1, 0.15) is 125 Å². The standard InChI is InChI=1S/C71H84Cl2N10O24/c1-27(2)16-39(76-6)63(95)82-54-56(90)31-10-13-43(37(72)18-31)103-45-20-33-21-46(60(45)107-70-61(59(93)58(92)47(26-84)105-70)106-49-25-71(5,75)62(94)29(4)102-49)104-44-14-11-32(19-38(44)73)57(91)55-69(101)81-53(65(97)77-15-7-8-28(3)85)36-22-34(86)23-42(88)50(36)35-17-30(9-12-41(35)87)51(66(98)83-55)80-67(99)52(33)79-64(96)40(24-48(74)89)78-68(54)100/h9-14,17-23,27,29,39-40,47,49,51-59,61-62,70,76,84,86-88,90-94H,7-8,15-16,24-26,75H2,1-6H3,(H2,74,89)(H,77,97)(H,78,100)(H,79,96)(H,80,99)(H,81,101)(H,82,95)(H,83,98)/p+2/t29?,39-,40+,47?,49?,51-,52-,53+,54-,55+,56-,57-,58?,59?,61?,62?,70?,71+/m1/s1. The Morgan fingerprint density at radius 2 is 1.36 bits per heavy atom. The third-order valence-electron chi connectivity index (χ3n) is 18.9. The van der Waals surface area contributed by atoms with Crippen molar-refractivity contribution < 1.29 is 129 Å². The summed E-state index contributed by atoms with van der Waals surface area (Å²) in [6.07, 6.45) is -17.9. The molecular formula is C71H86Cl2N10O24+2. The normalized spacial score (nSPS) is 28.4. The number of primary amides is 1. The Hall–Kier alpha value is -9.53. The van der Waals surface area contributed by atoms with Gasteiger partial charge in [0.2, 0.25) is 53.4 Å². The van der Waals surface area contributed by atoms with Gasteiger partial charge in [-0.15, -0.1) is 0 Å². The topological polar surface area (TPSA) is 546 Å². The molecule has 12 rings (SSSR count). The number of hydrogen-bond donors (Lipinski definition) is 19. The zero-order chi connectivity index (χ0) is 77.9. The summed E-state index contributed by atoms with van der Waals surface area (Å²) in [5.74, 6) is -14.9. The quantitative estimate of drug-likeness (QED) is 0.0484. The minimum Gasteiger partial charge on any atom is -0.508 e. The summed E-state index contributed by atoms with van der Waals surface area (Å²) in [6.45, 7) is 7.04. The van der Waals surface area contributed by atoms with Gasteiger partial charge in [-0.25, -0.2) is 0 Å². The lowest BCUT2D eigenvalue weighted by Crippen LogP contribution is -2.89. The molecule has 107 heavy (non-hydrogen) atoms. The number of carbonyl (C=O) groups is 9. The van der Waals surface area contributed by atoms with Crippen molar-refractivity contribution in [1.29, 1.82) is 0 Å². The third kappa shape index (κ3) is 17.9. The summed E-state index contributed by atoms with van der Waals surface area (Å²) >= 11 is 14.2. The van der Waals surface area contributed by atoms with Crippen molar-refractivity contribution in [2.45, 2.75) is 176 Å². The number of phenols is 3. The summed E-state index contributed by atoms with van der Waals surface area (Å²) in [5.41, 5.74) is 6.34. The maximum Gasteiger partial charge on any atom is 0.278 e. The van der Waals surface area contributed by atoms with E-state index in [-0.39, 0.29) is 77.1 Å². The molecule has 0 radical (unpaired) electrons. The van der Waals surface area contributed by atoms with E-state index in [1.165, 1.54) is 32.0 Å².